The highest BCUT2D eigenvalue weighted by molar-refractivity contribution is 6.21. The van der Waals surface area contributed by atoms with Crippen molar-refractivity contribution < 1.29 is 24.6 Å². The minimum absolute atomic E-state index is 0.0612. The van der Waals surface area contributed by atoms with E-state index in [-0.39, 0.29) is 41.1 Å². The Kier molecular flexibility index (Phi) is 7.90. The van der Waals surface area contributed by atoms with Crippen LogP contribution in [0.4, 0.5) is 17.1 Å². The third kappa shape index (κ3) is 5.24. The first-order valence-corrected chi connectivity index (χ1v) is 19.6. The molecular weight excluding hydrogens is 765 g/mol. The number of aryl methyl sites for hydroxylation is 2. The Morgan fingerprint density at radius 2 is 1.35 bits per heavy atom. The van der Waals surface area contributed by atoms with Gasteiger partial charge in [-0.3, -0.25) is 14.4 Å². The van der Waals surface area contributed by atoms with Gasteiger partial charge in [-0.25, -0.2) is 0 Å². The number of nitrogens with zero attached hydrogens (tertiary/aromatic N) is 2. The van der Waals surface area contributed by atoms with Gasteiger partial charge < -0.3 is 45.3 Å². The number of aromatic amines is 4. The molecule has 0 aliphatic carbocycles. The summed E-state index contributed by atoms with van der Waals surface area (Å²) in [6.07, 6.45) is 5.34. The number of amides is 3. The lowest BCUT2D eigenvalue weighted by atomic mass is 9.97. The molecule has 7 N–H and O–H groups in total. The highest BCUT2D eigenvalue weighted by Crippen LogP contribution is 2.48. The number of rotatable bonds is 6. The van der Waals surface area contributed by atoms with Gasteiger partial charge in [0, 0.05) is 111 Å². The maximum absolute atomic E-state index is 14.1. The highest BCUT2D eigenvalue weighted by Gasteiger charge is 2.38. The molecule has 2 aliphatic rings. The molecule has 0 spiro atoms. The number of hydrogen-bond donors (Lipinski definition) is 7. The van der Waals surface area contributed by atoms with Crippen LogP contribution in [-0.2, 0) is 0 Å². The standard InChI is InChI=1S/C43H35Cl2N7O5/c1-19-14-47-39-33(53)10-31-37(35(19)39)23(12-44)17-51(31)42(56)27-16-46-29-9-25(4-5-26(27)29)49-41(55)21-3-6-28-22(7-21)8-30(50-28)43(57)52-18-24(13-45)38-32(52)11-34(54)40-36(38)20(2)15-48-40/h3-11,14-16,23-24,46-48,50,53-54H,12-13,17-18H2,1-2H3,(H,49,55)/t23-,24-/m1/s1. The number of phenols is 2. The lowest BCUT2D eigenvalue weighted by Gasteiger charge is -2.18. The van der Waals surface area contributed by atoms with Gasteiger partial charge in [-0.2, -0.15) is 0 Å². The molecular formula is C43H35Cl2N7O5. The third-order valence-electron chi connectivity index (χ3n) is 11.7. The van der Waals surface area contributed by atoms with Crippen LogP contribution in [0.3, 0.4) is 0 Å². The van der Waals surface area contributed by atoms with Crippen LogP contribution < -0.4 is 15.1 Å². The minimum Gasteiger partial charge on any atom is -0.506 e. The Hall–Kier alpha value is -6.37. The minimum atomic E-state index is -0.347. The first-order valence-electron chi connectivity index (χ1n) is 18.5. The summed E-state index contributed by atoms with van der Waals surface area (Å²) in [6, 6.07) is 15.5. The number of aromatic hydroxyl groups is 2. The molecule has 0 saturated carbocycles. The molecule has 3 amide bonds. The molecule has 286 valence electrons. The zero-order chi connectivity index (χ0) is 39.4. The molecule has 0 fully saturated rings. The van der Waals surface area contributed by atoms with Crippen molar-refractivity contribution in [1.29, 1.82) is 0 Å². The van der Waals surface area contributed by atoms with Crippen LogP contribution in [0.5, 0.6) is 11.5 Å². The molecule has 0 saturated heterocycles. The number of anilines is 3. The molecule has 57 heavy (non-hydrogen) atoms. The predicted octanol–water partition coefficient (Wildman–Crippen LogP) is 8.86. The topological polar surface area (TPSA) is 173 Å². The Balaban J connectivity index is 0.887. The summed E-state index contributed by atoms with van der Waals surface area (Å²) < 4.78 is 0. The van der Waals surface area contributed by atoms with Crippen LogP contribution in [0.2, 0.25) is 0 Å². The zero-order valence-electron chi connectivity index (χ0n) is 30.7. The van der Waals surface area contributed by atoms with Crippen molar-refractivity contribution in [2.24, 2.45) is 0 Å². The monoisotopic (exact) mass is 799 g/mol. The van der Waals surface area contributed by atoms with Crippen LogP contribution >= 0.6 is 23.2 Å². The van der Waals surface area contributed by atoms with Gasteiger partial charge >= 0.3 is 0 Å². The molecule has 10 rings (SSSR count). The van der Waals surface area contributed by atoms with E-state index in [4.69, 9.17) is 23.2 Å². The summed E-state index contributed by atoms with van der Waals surface area (Å²) in [5.41, 5.74) is 9.41. The number of carbonyl (C=O) groups is 3. The molecule has 2 aliphatic heterocycles. The maximum atomic E-state index is 14.1. The van der Waals surface area contributed by atoms with E-state index in [1.807, 2.05) is 26.2 Å². The van der Waals surface area contributed by atoms with E-state index < -0.39 is 0 Å². The summed E-state index contributed by atoms with van der Waals surface area (Å²) in [4.78, 5) is 57.6. The average Bonchev–Trinajstić information content (AvgIpc) is 4.06. The van der Waals surface area contributed by atoms with E-state index in [0.717, 1.165) is 33.0 Å². The zero-order valence-corrected chi connectivity index (χ0v) is 32.2. The number of halogens is 2. The highest BCUT2D eigenvalue weighted by atomic mass is 35.5. The second-order valence-corrected chi connectivity index (χ2v) is 15.7. The Labute approximate surface area is 334 Å². The molecule has 4 aromatic heterocycles. The number of nitrogens with one attached hydrogen (secondary N) is 5. The molecule has 4 aromatic carbocycles. The lowest BCUT2D eigenvalue weighted by molar-refractivity contribution is 0.0979. The molecule has 2 atom stereocenters. The fourth-order valence-corrected chi connectivity index (χ4v) is 9.45. The number of phenolic OH excluding ortho intramolecular Hbond substituents is 2. The van der Waals surface area contributed by atoms with Crippen molar-refractivity contribution in [3.63, 3.8) is 0 Å². The van der Waals surface area contributed by atoms with E-state index >= 15 is 0 Å². The van der Waals surface area contributed by atoms with Gasteiger partial charge in [0.2, 0.25) is 0 Å². The predicted molar refractivity (Wildman–Crippen MR) is 224 cm³/mol. The SMILES string of the molecule is Cc1c[nH]c2c(O)cc3c(c12)[C@H](CCl)CN3C(=O)c1cc2cc(C(=O)Nc3ccc4c(C(=O)N5C[C@@H](CCl)c6c5cc(O)c5[nH]cc(C)c65)c[nH]c4c3)ccc2[nH]1. The number of hydrogen-bond acceptors (Lipinski definition) is 5. The molecule has 0 radical (unpaired) electrons. The fourth-order valence-electron chi connectivity index (χ4n) is 8.95. The van der Waals surface area contributed by atoms with Crippen LogP contribution in [-0.4, -0.2) is 72.7 Å². The first-order chi connectivity index (χ1) is 27.5. The van der Waals surface area contributed by atoms with Gasteiger partial charge in [0.25, 0.3) is 17.7 Å². The molecule has 14 heteroatoms. The Bertz CT molecular complexity index is 3030. The normalized spacial score (nSPS) is 16.4. The molecule has 0 bridgehead atoms. The van der Waals surface area contributed by atoms with Gasteiger partial charge in [0.1, 0.15) is 17.2 Å². The number of alkyl halides is 2. The van der Waals surface area contributed by atoms with E-state index in [1.165, 1.54) is 0 Å². The van der Waals surface area contributed by atoms with Crippen molar-refractivity contribution in [2.75, 3.05) is 40.0 Å². The van der Waals surface area contributed by atoms with Gasteiger partial charge in [0.05, 0.1) is 28.0 Å². The fraction of sp³-hybridized carbons (Fsp3) is 0.186. The van der Waals surface area contributed by atoms with Gasteiger partial charge in [-0.05, 0) is 78.6 Å². The second kappa shape index (κ2) is 12.8. The van der Waals surface area contributed by atoms with Crippen molar-refractivity contribution in [3.8, 4) is 11.5 Å². The summed E-state index contributed by atoms with van der Waals surface area (Å²) in [6.45, 7) is 4.67. The van der Waals surface area contributed by atoms with Gasteiger partial charge in [-0.1, -0.05) is 0 Å². The van der Waals surface area contributed by atoms with Crippen molar-refractivity contribution in [3.05, 3.63) is 112 Å². The average molecular weight is 801 g/mol. The maximum Gasteiger partial charge on any atom is 0.274 e. The summed E-state index contributed by atoms with van der Waals surface area (Å²) in [7, 11) is 0. The summed E-state index contributed by atoms with van der Waals surface area (Å²) in [5, 5.41) is 27.7. The molecule has 12 nitrogen and oxygen atoms in total. The first kappa shape index (κ1) is 35.1. The van der Waals surface area contributed by atoms with Gasteiger partial charge in [0.15, 0.2) is 0 Å². The number of carbonyl (C=O) groups excluding carboxylic acids is 3. The van der Waals surface area contributed by atoms with E-state index in [0.29, 0.717) is 91.6 Å². The quantitative estimate of drug-likeness (QED) is 0.0831. The lowest BCUT2D eigenvalue weighted by Crippen LogP contribution is -2.30. The van der Waals surface area contributed by atoms with Crippen LogP contribution in [0.25, 0.3) is 43.6 Å². The largest absolute Gasteiger partial charge is 0.506 e. The summed E-state index contributed by atoms with van der Waals surface area (Å²) >= 11 is 12.8. The Morgan fingerprint density at radius 3 is 1.96 bits per heavy atom. The van der Waals surface area contributed by atoms with Crippen LogP contribution in [0, 0.1) is 13.8 Å². The third-order valence-corrected chi connectivity index (χ3v) is 12.4. The number of aromatic nitrogens is 4. The van der Waals surface area contributed by atoms with Crippen LogP contribution in [0.1, 0.15) is 65.3 Å². The number of H-pyrrole nitrogens is 4. The van der Waals surface area contributed by atoms with E-state index in [2.05, 4.69) is 25.3 Å². The van der Waals surface area contributed by atoms with E-state index in [9.17, 15) is 24.6 Å². The molecule has 0 unspecified atom stereocenters. The van der Waals surface area contributed by atoms with Gasteiger partial charge in [-0.15, -0.1) is 23.2 Å². The summed E-state index contributed by atoms with van der Waals surface area (Å²) in [5.74, 6) is -0.289. The van der Waals surface area contributed by atoms with Crippen molar-refractivity contribution in [2.45, 2.75) is 25.7 Å². The van der Waals surface area contributed by atoms with Crippen molar-refractivity contribution >= 4 is 102 Å². The number of benzene rings is 4. The van der Waals surface area contributed by atoms with Crippen LogP contribution in [0.15, 0.2) is 73.2 Å². The second-order valence-electron chi connectivity index (χ2n) is 15.0. The Morgan fingerprint density at radius 1 is 0.737 bits per heavy atom. The van der Waals surface area contributed by atoms with E-state index in [1.54, 1.807) is 70.6 Å². The smallest absolute Gasteiger partial charge is 0.274 e. The molecule has 8 aromatic rings. The number of fused-ring (bicyclic) bond motifs is 8. The van der Waals surface area contributed by atoms with Crippen molar-refractivity contribution in [1.82, 2.24) is 19.9 Å². The molecule has 6 heterocycles.